The SMILES string of the molecule is CC(C)(C)C1=Nc2ncc(Br)c(Cl)c2C12CCC(=O)C2. The third-order valence-corrected chi connectivity index (χ3v) is 5.36. The zero-order valence-electron chi connectivity index (χ0n) is 11.8. The predicted octanol–water partition coefficient (Wildman–Crippen LogP) is 4.62. The van der Waals surface area contributed by atoms with Crippen molar-refractivity contribution in [2.75, 3.05) is 0 Å². The Bertz CT molecular complexity index is 648. The van der Waals surface area contributed by atoms with Gasteiger partial charge in [-0.15, -0.1) is 0 Å². The number of pyridine rings is 1. The van der Waals surface area contributed by atoms with Crippen molar-refractivity contribution in [2.45, 2.75) is 45.4 Å². The van der Waals surface area contributed by atoms with Crippen LogP contribution in [0.5, 0.6) is 0 Å². The van der Waals surface area contributed by atoms with E-state index in [2.05, 4.69) is 41.7 Å². The monoisotopic (exact) mass is 354 g/mol. The predicted molar refractivity (Wildman–Crippen MR) is 84.0 cm³/mol. The van der Waals surface area contributed by atoms with Gasteiger partial charge in [-0.3, -0.25) is 4.79 Å². The van der Waals surface area contributed by atoms with Crippen molar-refractivity contribution in [1.29, 1.82) is 0 Å². The van der Waals surface area contributed by atoms with Gasteiger partial charge in [0, 0.05) is 41.1 Å². The molecule has 1 atom stereocenters. The molecule has 1 unspecified atom stereocenters. The van der Waals surface area contributed by atoms with Crippen LogP contribution in [0.3, 0.4) is 0 Å². The van der Waals surface area contributed by atoms with E-state index in [1.165, 1.54) is 0 Å². The molecule has 2 heterocycles. The summed E-state index contributed by atoms with van der Waals surface area (Å²) in [6.45, 7) is 6.39. The zero-order valence-corrected chi connectivity index (χ0v) is 14.1. The summed E-state index contributed by atoms with van der Waals surface area (Å²) in [4.78, 5) is 21.1. The topological polar surface area (TPSA) is 42.3 Å². The first-order valence-electron chi connectivity index (χ1n) is 6.71. The van der Waals surface area contributed by atoms with E-state index in [4.69, 9.17) is 16.6 Å². The first-order valence-corrected chi connectivity index (χ1v) is 7.88. The fourth-order valence-corrected chi connectivity index (χ4v) is 4.08. The first kappa shape index (κ1) is 14.2. The van der Waals surface area contributed by atoms with Crippen LogP contribution in [0.25, 0.3) is 0 Å². The van der Waals surface area contributed by atoms with E-state index in [-0.39, 0.29) is 16.6 Å². The molecule has 0 N–H and O–H groups in total. The smallest absolute Gasteiger partial charge is 0.157 e. The van der Waals surface area contributed by atoms with Crippen molar-refractivity contribution in [3.63, 3.8) is 0 Å². The normalized spacial score (nSPS) is 25.2. The molecule has 1 aliphatic heterocycles. The standard InChI is InChI=1S/C15H16BrClN2O/c1-14(2,3)13-15(5-4-8(20)6-15)10-11(17)9(16)7-18-12(10)19-13/h7H,4-6H2,1-3H3. The van der Waals surface area contributed by atoms with Crippen molar-refractivity contribution in [3.8, 4) is 0 Å². The molecule has 1 aromatic rings. The minimum absolute atomic E-state index is 0.110. The van der Waals surface area contributed by atoms with Crippen molar-refractivity contribution in [1.82, 2.24) is 4.98 Å². The fourth-order valence-electron chi connectivity index (χ4n) is 3.46. The highest BCUT2D eigenvalue weighted by molar-refractivity contribution is 9.10. The third-order valence-electron chi connectivity index (χ3n) is 4.14. The molecule has 0 saturated heterocycles. The average Bonchev–Trinajstić information content (AvgIpc) is 2.87. The second kappa shape index (κ2) is 4.38. The maximum Gasteiger partial charge on any atom is 0.157 e. The second-order valence-corrected chi connectivity index (χ2v) is 7.86. The lowest BCUT2D eigenvalue weighted by atomic mass is 9.68. The lowest BCUT2D eigenvalue weighted by Crippen LogP contribution is -2.39. The van der Waals surface area contributed by atoms with E-state index >= 15 is 0 Å². The molecule has 2 aliphatic rings. The molecule has 1 aromatic heterocycles. The molecular formula is C15H16BrClN2O. The molecule has 5 heteroatoms. The zero-order chi connectivity index (χ0) is 14.7. The second-order valence-electron chi connectivity index (χ2n) is 6.63. The fraction of sp³-hybridized carbons (Fsp3) is 0.533. The molecule has 3 rings (SSSR count). The van der Waals surface area contributed by atoms with Crippen LogP contribution in [0.4, 0.5) is 5.82 Å². The highest BCUT2D eigenvalue weighted by Gasteiger charge is 2.53. The van der Waals surface area contributed by atoms with Gasteiger partial charge in [-0.05, 0) is 22.4 Å². The molecule has 20 heavy (non-hydrogen) atoms. The summed E-state index contributed by atoms with van der Waals surface area (Å²) in [5.74, 6) is 0.962. The number of aliphatic imine (C=N–C) groups is 1. The lowest BCUT2D eigenvalue weighted by Gasteiger charge is -2.34. The van der Waals surface area contributed by atoms with Gasteiger partial charge < -0.3 is 0 Å². The molecule has 1 fully saturated rings. The van der Waals surface area contributed by atoms with Gasteiger partial charge in [0.05, 0.1) is 9.50 Å². The van der Waals surface area contributed by atoms with Crippen LogP contribution in [-0.4, -0.2) is 16.5 Å². The Kier molecular flexibility index (Phi) is 3.11. The van der Waals surface area contributed by atoms with E-state index in [0.29, 0.717) is 23.7 Å². The summed E-state index contributed by atoms with van der Waals surface area (Å²) in [5.41, 5.74) is 1.52. The molecule has 106 valence electrons. The molecular weight excluding hydrogens is 340 g/mol. The van der Waals surface area contributed by atoms with Crippen molar-refractivity contribution in [3.05, 3.63) is 21.3 Å². The van der Waals surface area contributed by atoms with Gasteiger partial charge in [0.2, 0.25) is 0 Å². The number of Topliss-reactive ketones (excluding diaryl/α,β-unsaturated/α-hetero) is 1. The molecule has 1 aliphatic carbocycles. The van der Waals surface area contributed by atoms with Crippen LogP contribution in [0.1, 0.15) is 45.6 Å². The third kappa shape index (κ3) is 1.88. The van der Waals surface area contributed by atoms with Gasteiger partial charge in [0.25, 0.3) is 0 Å². The summed E-state index contributed by atoms with van der Waals surface area (Å²) >= 11 is 9.93. The number of aromatic nitrogens is 1. The number of halogens is 2. The number of hydrogen-bond acceptors (Lipinski definition) is 3. The van der Waals surface area contributed by atoms with Gasteiger partial charge in [-0.2, -0.15) is 0 Å². The van der Waals surface area contributed by atoms with Crippen LogP contribution < -0.4 is 0 Å². The van der Waals surface area contributed by atoms with Crippen LogP contribution in [0, 0.1) is 5.41 Å². The van der Waals surface area contributed by atoms with E-state index in [1.807, 2.05) is 0 Å². The van der Waals surface area contributed by atoms with Crippen LogP contribution in [0.15, 0.2) is 15.7 Å². The lowest BCUT2D eigenvalue weighted by molar-refractivity contribution is -0.117. The van der Waals surface area contributed by atoms with Crippen LogP contribution in [0.2, 0.25) is 5.02 Å². The molecule has 0 amide bonds. The number of carbonyl (C=O) groups excluding carboxylic acids is 1. The van der Waals surface area contributed by atoms with Crippen LogP contribution in [-0.2, 0) is 10.2 Å². The highest BCUT2D eigenvalue weighted by atomic mass is 79.9. The summed E-state index contributed by atoms with van der Waals surface area (Å²) in [6.07, 6.45) is 3.55. The number of rotatable bonds is 0. The minimum atomic E-state index is -0.349. The molecule has 3 nitrogen and oxygen atoms in total. The number of carbonyl (C=O) groups is 1. The molecule has 1 spiro atoms. The van der Waals surface area contributed by atoms with Crippen molar-refractivity contribution < 1.29 is 4.79 Å². The Balaban J connectivity index is 2.28. The number of hydrogen-bond donors (Lipinski definition) is 0. The van der Waals surface area contributed by atoms with E-state index in [9.17, 15) is 4.79 Å². The Morgan fingerprint density at radius 3 is 2.65 bits per heavy atom. The Hall–Kier alpha value is -0.740. The van der Waals surface area contributed by atoms with Crippen molar-refractivity contribution in [2.24, 2.45) is 10.4 Å². The molecule has 0 radical (unpaired) electrons. The number of nitrogens with zero attached hydrogens (tertiary/aromatic N) is 2. The Morgan fingerprint density at radius 2 is 2.10 bits per heavy atom. The van der Waals surface area contributed by atoms with Crippen molar-refractivity contribution >= 4 is 44.8 Å². The quantitative estimate of drug-likeness (QED) is 0.681. The maximum absolute atomic E-state index is 12.0. The Labute approximate surface area is 132 Å². The Morgan fingerprint density at radius 1 is 1.40 bits per heavy atom. The highest BCUT2D eigenvalue weighted by Crippen LogP contribution is 2.55. The van der Waals surface area contributed by atoms with Gasteiger partial charge in [0.15, 0.2) is 5.82 Å². The van der Waals surface area contributed by atoms with Gasteiger partial charge in [0.1, 0.15) is 5.78 Å². The summed E-state index contributed by atoms with van der Waals surface area (Å²) in [5, 5.41) is 0.646. The maximum atomic E-state index is 12.0. The van der Waals surface area contributed by atoms with E-state index in [1.54, 1.807) is 6.20 Å². The first-order chi connectivity index (χ1) is 9.25. The van der Waals surface area contributed by atoms with E-state index in [0.717, 1.165) is 22.2 Å². The molecule has 0 bridgehead atoms. The minimum Gasteiger partial charge on any atom is -0.300 e. The summed E-state index contributed by atoms with van der Waals surface area (Å²) in [7, 11) is 0. The number of ketones is 1. The van der Waals surface area contributed by atoms with Gasteiger partial charge in [-0.25, -0.2) is 9.98 Å². The molecule has 1 saturated carbocycles. The summed E-state index contributed by atoms with van der Waals surface area (Å²) in [6, 6.07) is 0. The molecule has 0 aromatic carbocycles. The number of fused-ring (bicyclic) bond motifs is 2. The largest absolute Gasteiger partial charge is 0.300 e. The average molecular weight is 356 g/mol. The summed E-state index contributed by atoms with van der Waals surface area (Å²) < 4.78 is 0.766. The van der Waals surface area contributed by atoms with Gasteiger partial charge >= 0.3 is 0 Å². The van der Waals surface area contributed by atoms with Gasteiger partial charge in [-0.1, -0.05) is 32.4 Å². The van der Waals surface area contributed by atoms with Crippen LogP contribution >= 0.6 is 27.5 Å². The van der Waals surface area contributed by atoms with E-state index < -0.39 is 0 Å².